The predicted octanol–water partition coefficient (Wildman–Crippen LogP) is 3.05. The first-order chi connectivity index (χ1) is 7.64. The summed E-state index contributed by atoms with van der Waals surface area (Å²) in [4.78, 5) is 0. The number of hydrogen-bond acceptors (Lipinski definition) is 3. The van der Waals surface area contributed by atoms with E-state index in [4.69, 9.17) is 10.5 Å². The molecule has 2 nitrogen and oxygen atoms in total. The molecule has 1 aliphatic heterocycles. The molecule has 0 aromatic carbocycles. The Hall–Kier alpha value is 0.270. The van der Waals surface area contributed by atoms with Gasteiger partial charge in [0, 0.05) is 12.4 Å². The van der Waals surface area contributed by atoms with Crippen LogP contribution in [0.4, 0.5) is 0 Å². The van der Waals surface area contributed by atoms with E-state index in [2.05, 4.69) is 25.6 Å². The highest BCUT2D eigenvalue weighted by Crippen LogP contribution is 2.23. The van der Waals surface area contributed by atoms with E-state index < -0.39 is 0 Å². The van der Waals surface area contributed by atoms with E-state index in [-0.39, 0.29) is 0 Å². The molecule has 0 saturated carbocycles. The second-order valence-electron chi connectivity index (χ2n) is 5.54. The summed E-state index contributed by atoms with van der Waals surface area (Å²) in [5.41, 5.74) is 6.04. The van der Waals surface area contributed by atoms with Crippen molar-refractivity contribution in [3.8, 4) is 0 Å². The Morgan fingerprint density at radius 2 is 2.19 bits per heavy atom. The Morgan fingerprint density at radius 3 is 2.81 bits per heavy atom. The summed E-state index contributed by atoms with van der Waals surface area (Å²) in [5, 5.41) is 0. The van der Waals surface area contributed by atoms with Gasteiger partial charge in [0.15, 0.2) is 0 Å². The summed E-state index contributed by atoms with van der Waals surface area (Å²) in [7, 11) is 0. The summed E-state index contributed by atoms with van der Waals surface area (Å²) in [6, 6.07) is 0. The van der Waals surface area contributed by atoms with Gasteiger partial charge in [-0.2, -0.15) is 11.8 Å². The summed E-state index contributed by atoms with van der Waals surface area (Å²) in [6.07, 6.45) is 6.96. The maximum atomic E-state index is 5.71. The van der Waals surface area contributed by atoms with Crippen LogP contribution in [0.3, 0.4) is 0 Å². The number of hydrogen-bond donors (Lipinski definition) is 1. The maximum absolute atomic E-state index is 5.71. The van der Waals surface area contributed by atoms with Crippen molar-refractivity contribution in [1.29, 1.82) is 0 Å². The van der Waals surface area contributed by atoms with Crippen molar-refractivity contribution >= 4 is 11.8 Å². The van der Waals surface area contributed by atoms with Crippen LogP contribution in [0.1, 0.15) is 46.0 Å². The first-order valence-electron chi connectivity index (χ1n) is 6.53. The van der Waals surface area contributed by atoms with Crippen molar-refractivity contribution in [2.45, 2.75) is 52.1 Å². The van der Waals surface area contributed by atoms with Gasteiger partial charge in [0.05, 0.1) is 6.10 Å². The van der Waals surface area contributed by atoms with Gasteiger partial charge in [-0.05, 0) is 43.4 Å². The third-order valence-corrected chi connectivity index (χ3v) is 4.46. The number of nitrogens with two attached hydrogens (primary N) is 1. The molecule has 0 bridgehead atoms. The van der Waals surface area contributed by atoms with Gasteiger partial charge in [-0.3, -0.25) is 0 Å². The molecule has 3 heteroatoms. The first-order valence-corrected chi connectivity index (χ1v) is 7.69. The average molecular weight is 245 g/mol. The Morgan fingerprint density at radius 1 is 1.38 bits per heavy atom. The molecular weight excluding hydrogens is 218 g/mol. The molecule has 1 unspecified atom stereocenters. The van der Waals surface area contributed by atoms with Gasteiger partial charge in [-0.25, -0.2) is 0 Å². The lowest BCUT2D eigenvalue weighted by molar-refractivity contribution is 0.129. The van der Waals surface area contributed by atoms with Crippen LogP contribution >= 0.6 is 11.8 Å². The molecule has 0 amide bonds. The Kier molecular flexibility index (Phi) is 6.78. The highest BCUT2D eigenvalue weighted by molar-refractivity contribution is 7.99. The van der Waals surface area contributed by atoms with E-state index in [9.17, 15) is 0 Å². The van der Waals surface area contributed by atoms with Gasteiger partial charge < -0.3 is 10.5 Å². The zero-order valence-corrected chi connectivity index (χ0v) is 11.7. The summed E-state index contributed by atoms with van der Waals surface area (Å²) < 4.78 is 5.59. The third kappa shape index (κ3) is 6.12. The molecule has 0 aromatic rings. The lowest BCUT2D eigenvalue weighted by Crippen LogP contribution is -2.23. The lowest BCUT2D eigenvalue weighted by atomic mass is 9.88. The molecule has 0 spiro atoms. The van der Waals surface area contributed by atoms with Crippen molar-refractivity contribution in [2.75, 3.05) is 24.7 Å². The van der Waals surface area contributed by atoms with Crippen LogP contribution in [0.25, 0.3) is 0 Å². The molecule has 1 saturated heterocycles. The molecule has 1 rings (SSSR count). The van der Waals surface area contributed by atoms with Crippen LogP contribution in [0.5, 0.6) is 0 Å². The summed E-state index contributed by atoms with van der Waals surface area (Å²) in [6.45, 7) is 6.30. The number of ether oxygens (including phenoxy) is 1. The van der Waals surface area contributed by atoms with E-state index >= 15 is 0 Å². The standard InChI is InChI=1S/C13H27NOS/c1-13(2,11-14)7-3-4-9-16-10-12-6-5-8-15-12/h12H,3-11,14H2,1-2H3. The largest absolute Gasteiger partial charge is 0.377 e. The van der Waals surface area contributed by atoms with Crippen molar-refractivity contribution in [3.05, 3.63) is 0 Å². The van der Waals surface area contributed by atoms with Crippen LogP contribution in [0.15, 0.2) is 0 Å². The quantitative estimate of drug-likeness (QED) is 0.668. The van der Waals surface area contributed by atoms with E-state index in [1.54, 1.807) is 0 Å². The maximum Gasteiger partial charge on any atom is 0.0666 e. The van der Waals surface area contributed by atoms with Crippen LogP contribution in [-0.2, 0) is 4.74 Å². The van der Waals surface area contributed by atoms with Crippen LogP contribution < -0.4 is 5.73 Å². The molecule has 1 fully saturated rings. The predicted molar refractivity (Wildman–Crippen MR) is 73.0 cm³/mol. The second-order valence-corrected chi connectivity index (χ2v) is 6.69. The zero-order chi connectivity index (χ0) is 11.9. The van der Waals surface area contributed by atoms with Crippen molar-refractivity contribution in [2.24, 2.45) is 11.1 Å². The molecule has 0 radical (unpaired) electrons. The van der Waals surface area contributed by atoms with Gasteiger partial charge in [-0.15, -0.1) is 0 Å². The third-order valence-electron chi connectivity index (χ3n) is 3.27. The van der Waals surface area contributed by atoms with Gasteiger partial charge in [0.25, 0.3) is 0 Å². The number of thioether (sulfide) groups is 1. The molecule has 1 heterocycles. The number of rotatable bonds is 8. The fourth-order valence-corrected chi connectivity index (χ4v) is 3.00. The smallest absolute Gasteiger partial charge is 0.0666 e. The highest BCUT2D eigenvalue weighted by atomic mass is 32.2. The average Bonchev–Trinajstić information content (AvgIpc) is 2.76. The first kappa shape index (κ1) is 14.3. The van der Waals surface area contributed by atoms with E-state index in [1.165, 1.54) is 43.6 Å². The molecule has 96 valence electrons. The molecule has 16 heavy (non-hydrogen) atoms. The van der Waals surface area contributed by atoms with Gasteiger partial charge in [0.2, 0.25) is 0 Å². The molecular formula is C13H27NOS. The number of unbranched alkanes of at least 4 members (excludes halogenated alkanes) is 1. The second kappa shape index (κ2) is 7.57. The fourth-order valence-electron chi connectivity index (χ4n) is 1.90. The normalized spacial score (nSPS) is 21.6. The summed E-state index contributed by atoms with van der Waals surface area (Å²) >= 11 is 2.05. The minimum Gasteiger partial charge on any atom is -0.377 e. The Balaban J connectivity index is 1.88. The van der Waals surface area contributed by atoms with E-state index in [0.717, 1.165) is 13.2 Å². The van der Waals surface area contributed by atoms with Crippen molar-refractivity contribution in [3.63, 3.8) is 0 Å². The Bertz CT molecular complexity index is 179. The SMILES string of the molecule is CC(C)(CN)CCCCSCC1CCCO1. The van der Waals surface area contributed by atoms with E-state index in [0.29, 0.717) is 11.5 Å². The fraction of sp³-hybridized carbons (Fsp3) is 1.00. The lowest BCUT2D eigenvalue weighted by Gasteiger charge is -2.21. The van der Waals surface area contributed by atoms with Gasteiger partial charge in [-0.1, -0.05) is 20.3 Å². The van der Waals surface area contributed by atoms with Crippen molar-refractivity contribution < 1.29 is 4.74 Å². The van der Waals surface area contributed by atoms with Crippen LogP contribution in [-0.4, -0.2) is 30.8 Å². The molecule has 1 aliphatic rings. The Labute approximate surface area is 105 Å². The molecule has 2 N–H and O–H groups in total. The van der Waals surface area contributed by atoms with Gasteiger partial charge in [0.1, 0.15) is 0 Å². The molecule has 0 aliphatic carbocycles. The zero-order valence-electron chi connectivity index (χ0n) is 10.8. The minimum atomic E-state index is 0.333. The summed E-state index contributed by atoms with van der Waals surface area (Å²) in [5.74, 6) is 2.47. The van der Waals surface area contributed by atoms with E-state index in [1.807, 2.05) is 0 Å². The molecule has 0 aromatic heterocycles. The highest BCUT2D eigenvalue weighted by Gasteiger charge is 2.16. The van der Waals surface area contributed by atoms with Crippen molar-refractivity contribution in [1.82, 2.24) is 0 Å². The van der Waals surface area contributed by atoms with Gasteiger partial charge >= 0.3 is 0 Å². The van der Waals surface area contributed by atoms with Crippen LogP contribution in [0.2, 0.25) is 0 Å². The van der Waals surface area contributed by atoms with Crippen LogP contribution in [0, 0.1) is 5.41 Å². The topological polar surface area (TPSA) is 35.2 Å². The molecule has 1 atom stereocenters. The minimum absolute atomic E-state index is 0.333. The monoisotopic (exact) mass is 245 g/mol.